The van der Waals surface area contributed by atoms with E-state index in [0.717, 1.165) is 22.1 Å². The maximum atomic E-state index is 12.3. The summed E-state index contributed by atoms with van der Waals surface area (Å²) in [6, 6.07) is 5.68. The number of anilines is 1. The standard InChI is InChI=1S/C21H23N3O4/c1-12(2)16-10-17-15(11-27-18(17)8-13(16)3)9-19(25)28-14(4)20(26)24-21-22-6-5-7-23-21/h5-8,10-12,14H,9H2,1-4H3,(H,22,23,24,26). The maximum Gasteiger partial charge on any atom is 0.311 e. The molecular formula is C21H23N3O4. The highest BCUT2D eigenvalue weighted by Gasteiger charge is 2.20. The Morgan fingerprint density at radius 1 is 1.18 bits per heavy atom. The van der Waals surface area contributed by atoms with Gasteiger partial charge in [-0.3, -0.25) is 14.9 Å². The van der Waals surface area contributed by atoms with Gasteiger partial charge in [-0.15, -0.1) is 0 Å². The molecule has 1 amide bonds. The van der Waals surface area contributed by atoms with Crippen molar-refractivity contribution in [1.82, 2.24) is 9.97 Å². The Kier molecular flexibility index (Phi) is 5.73. The molecule has 7 heteroatoms. The molecule has 3 aromatic rings. The molecule has 0 radical (unpaired) electrons. The second-order valence-electron chi connectivity index (χ2n) is 6.99. The van der Waals surface area contributed by atoms with Crippen LogP contribution >= 0.6 is 0 Å². The van der Waals surface area contributed by atoms with Crippen LogP contribution in [0, 0.1) is 6.92 Å². The molecule has 146 valence electrons. The molecule has 0 aliphatic heterocycles. The van der Waals surface area contributed by atoms with Gasteiger partial charge < -0.3 is 9.15 Å². The van der Waals surface area contributed by atoms with Crippen molar-refractivity contribution in [3.63, 3.8) is 0 Å². The molecule has 1 N–H and O–H groups in total. The van der Waals surface area contributed by atoms with Crippen molar-refractivity contribution in [2.75, 3.05) is 5.32 Å². The second kappa shape index (κ2) is 8.21. The van der Waals surface area contributed by atoms with Crippen LogP contribution in [0.4, 0.5) is 5.95 Å². The number of nitrogens with zero attached hydrogens (tertiary/aromatic N) is 2. The van der Waals surface area contributed by atoms with Gasteiger partial charge in [0.1, 0.15) is 5.58 Å². The molecule has 1 atom stereocenters. The van der Waals surface area contributed by atoms with Crippen molar-refractivity contribution in [3.8, 4) is 0 Å². The predicted molar refractivity (Wildman–Crippen MR) is 105 cm³/mol. The lowest BCUT2D eigenvalue weighted by atomic mass is 9.95. The summed E-state index contributed by atoms with van der Waals surface area (Å²) in [4.78, 5) is 32.3. The van der Waals surface area contributed by atoms with Crippen LogP contribution in [0.5, 0.6) is 0 Å². The van der Waals surface area contributed by atoms with Gasteiger partial charge in [-0.25, -0.2) is 9.97 Å². The van der Waals surface area contributed by atoms with Gasteiger partial charge in [0.25, 0.3) is 5.91 Å². The number of esters is 1. The Balaban J connectivity index is 1.67. The Morgan fingerprint density at radius 3 is 2.57 bits per heavy atom. The minimum atomic E-state index is -0.969. The van der Waals surface area contributed by atoms with Crippen LogP contribution < -0.4 is 5.32 Å². The SMILES string of the molecule is Cc1cc2occ(CC(=O)OC(C)C(=O)Nc3ncccn3)c2cc1C(C)C. The van der Waals surface area contributed by atoms with Crippen LogP contribution in [0.25, 0.3) is 11.0 Å². The highest BCUT2D eigenvalue weighted by Crippen LogP contribution is 2.29. The van der Waals surface area contributed by atoms with Crippen LogP contribution in [-0.4, -0.2) is 27.9 Å². The van der Waals surface area contributed by atoms with E-state index in [1.54, 1.807) is 12.3 Å². The molecule has 0 spiro atoms. The number of fused-ring (bicyclic) bond motifs is 1. The summed E-state index contributed by atoms with van der Waals surface area (Å²) in [6.45, 7) is 7.80. The Bertz CT molecular complexity index is 996. The monoisotopic (exact) mass is 381 g/mol. The van der Waals surface area contributed by atoms with Crippen LogP contribution in [0.15, 0.2) is 41.3 Å². The van der Waals surface area contributed by atoms with Crippen molar-refractivity contribution in [1.29, 1.82) is 0 Å². The molecule has 28 heavy (non-hydrogen) atoms. The number of aromatic nitrogens is 2. The zero-order valence-electron chi connectivity index (χ0n) is 16.4. The number of carbonyl (C=O) groups is 2. The van der Waals surface area contributed by atoms with E-state index in [9.17, 15) is 9.59 Å². The summed E-state index contributed by atoms with van der Waals surface area (Å²) < 4.78 is 10.9. The largest absolute Gasteiger partial charge is 0.464 e. The number of amides is 1. The van der Waals surface area contributed by atoms with Gasteiger partial charge in [0.2, 0.25) is 5.95 Å². The minimum absolute atomic E-state index is 0.0209. The number of carbonyl (C=O) groups excluding carboxylic acids is 2. The summed E-state index contributed by atoms with van der Waals surface area (Å²) in [5.41, 5.74) is 3.83. The fourth-order valence-electron chi connectivity index (χ4n) is 3.03. The van der Waals surface area contributed by atoms with Crippen molar-refractivity contribution < 1.29 is 18.7 Å². The fourth-order valence-corrected chi connectivity index (χ4v) is 3.03. The summed E-state index contributed by atoms with van der Waals surface area (Å²) in [7, 11) is 0. The molecule has 1 unspecified atom stereocenters. The molecule has 2 heterocycles. The lowest BCUT2D eigenvalue weighted by Crippen LogP contribution is -2.31. The van der Waals surface area contributed by atoms with E-state index >= 15 is 0 Å². The molecule has 3 rings (SSSR count). The summed E-state index contributed by atoms with van der Waals surface area (Å²) >= 11 is 0. The van der Waals surface area contributed by atoms with Crippen LogP contribution in [0.2, 0.25) is 0 Å². The summed E-state index contributed by atoms with van der Waals surface area (Å²) in [6.07, 6.45) is 3.64. The number of benzene rings is 1. The number of aryl methyl sites for hydroxylation is 1. The van der Waals surface area contributed by atoms with E-state index in [1.165, 1.54) is 24.9 Å². The van der Waals surface area contributed by atoms with E-state index in [2.05, 4.69) is 35.2 Å². The van der Waals surface area contributed by atoms with Crippen molar-refractivity contribution in [2.45, 2.75) is 46.1 Å². The van der Waals surface area contributed by atoms with Gasteiger partial charge in [0.05, 0.1) is 12.7 Å². The van der Waals surface area contributed by atoms with Gasteiger partial charge in [0, 0.05) is 23.3 Å². The number of hydrogen-bond donors (Lipinski definition) is 1. The van der Waals surface area contributed by atoms with Crippen LogP contribution in [0.1, 0.15) is 43.4 Å². The smallest absolute Gasteiger partial charge is 0.311 e. The highest BCUT2D eigenvalue weighted by atomic mass is 16.5. The highest BCUT2D eigenvalue weighted by molar-refractivity contribution is 5.94. The van der Waals surface area contributed by atoms with Crippen molar-refractivity contribution in [3.05, 3.63) is 53.5 Å². The first kappa shape index (κ1) is 19.5. The molecule has 0 aliphatic rings. The predicted octanol–water partition coefficient (Wildman–Crippen LogP) is 3.77. The third-order valence-corrected chi connectivity index (χ3v) is 4.48. The molecule has 2 aromatic heterocycles. The third kappa shape index (κ3) is 4.36. The quantitative estimate of drug-likeness (QED) is 0.653. The first-order chi connectivity index (χ1) is 13.3. The molecule has 0 saturated carbocycles. The van der Waals surface area contributed by atoms with E-state index in [-0.39, 0.29) is 12.4 Å². The van der Waals surface area contributed by atoms with Crippen LogP contribution in [0.3, 0.4) is 0 Å². The van der Waals surface area contributed by atoms with E-state index < -0.39 is 18.0 Å². The Morgan fingerprint density at radius 2 is 1.89 bits per heavy atom. The summed E-state index contributed by atoms with van der Waals surface area (Å²) in [5.74, 6) is -0.476. The Labute approximate surface area is 163 Å². The third-order valence-electron chi connectivity index (χ3n) is 4.48. The number of rotatable bonds is 6. The van der Waals surface area contributed by atoms with Crippen molar-refractivity contribution >= 4 is 28.8 Å². The minimum Gasteiger partial charge on any atom is -0.464 e. The van der Waals surface area contributed by atoms with Crippen LogP contribution in [-0.2, 0) is 20.7 Å². The molecule has 7 nitrogen and oxygen atoms in total. The average molecular weight is 381 g/mol. The second-order valence-corrected chi connectivity index (χ2v) is 6.99. The van der Waals surface area contributed by atoms with Gasteiger partial charge in [-0.2, -0.15) is 0 Å². The number of nitrogens with one attached hydrogen (secondary N) is 1. The average Bonchev–Trinajstić information content (AvgIpc) is 3.02. The number of furan rings is 1. The zero-order chi connectivity index (χ0) is 20.3. The number of ether oxygens (including phenoxy) is 1. The fraction of sp³-hybridized carbons (Fsp3) is 0.333. The Hall–Kier alpha value is -3.22. The molecular weight excluding hydrogens is 358 g/mol. The van der Waals surface area contributed by atoms with Gasteiger partial charge in [0.15, 0.2) is 6.10 Å². The van der Waals surface area contributed by atoms with Crippen molar-refractivity contribution in [2.24, 2.45) is 0 Å². The van der Waals surface area contributed by atoms with Gasteiger partial charge in [-0.05, 0) is 49.1 Å². The summed E-state index contributed by atoms with van der Waals surface area (Å²) in [5, 5.41) is 3.39. The van der Waals surface area contributed by atoms with Gasteiger partial charge in [-0.1, -0.05) is 13.8 Å². The van der Waals surface area contributed by atoms with E-state index in [1.807, 2.05) is 13.0 Å². The first-order valence-corrected chi connectivity index (χ1v) is 9.13. The molecule has 1 aromatic carbocycles. The van der Waals surface area contributed by atoms with E-state index in [4.69, 9.17) is 9.15 Å². The lowest BCUT2D eigenvalue weighted by molar-refractivity contribution is -0.152. The first-order valence-electron chi connectivity index (χ1n) is 9.13. The molecule has 0 fully saturated rings. The molecule has 0 saturated heterocycles. The normalized spacial score (nSPS) is 12.2. The van der Waals surface area contributed by atoms with Gasteiger partial charge >= 0.3 is 5.97 Å². The topological polar surface area (TPSA) is 94.3 Å². The lowest BCUT2D eigenvalue weighted by Gasteiger charge is -2.13. The molecule has 0 bridgehead atoms. The number of hydrogen-bond acceptors (Lipinski definition) is 6. The zero-order valence-corrected chi connectivity index (χ0v) is 16.4. The molecule has 0 aliphatic carbocycles. The van der Waals surface area contributed by atoms with E-state index in [0.29, 0.717) is 5.92 Å². The maximum absolute atomic E-state index is 12.3.